The van der Waals surface area contributed by atoms with Gasteiger partial charge in [-0.3, -0.25) is 4.79 Å². The Morgan fingerprint density at radius 2 is 1.96 bits per heavy atom. The van der Waals surface area contributed by atoms with Crippen LogP contribution in [0.5, 0.6) is 0 Å². The molecule has 1 aliphatic rings. The topological polar surface area (TPSA) is 46.9 Å². The molecule has 24 heavy (non-hydrogen) atoms. The fraction of sp³-hybridized carbons (Fsp3) is 0.263. The molecule has 0 saturated heterocycles. The van der Waals surface area contributed by atoms with Gasteiger partial charge in [0.05, 0.1) is 11.4 Å². The van der Waals surface area contributed by atoms with E-state index in [2.05, 4.69) is 54.2 Å². The van der Waals surface area contributed by atoms with Gasteiger partial charge < -0.3 is 5.32 Å². The van der Waals surface area contributed by atoms with Crippen LogP contribution in [0.4, 0.5) is 5.82 Å². The minimum absolute atomic E-state index is 0.0456. The standard InChI is InChI=1S/C19H19N3OS/c1-11-6-12(2)8-15(7-11)22-19-18(13(3)21-22)16(9-17(23)20-19)14-4-5-24-10-14/h4-8,10,16H,9H2,1-3H3,(H,20,23). The van der Waals surface area contributed by atoms with E-state index in [4.69, 9.17) is 5.10 Å². The third-order valence-electron chi connectivity index (χ3n) is 4.50. The number of nitrogens with zero attached hydrogens (tertiary/aromatic N) is 2. The van der Waals surface area contributed by atoms with E-state index < -0.39 is 0 Å². The van der Waals surface area contributed by atoms with Gasteiger partial charge in [-0.2, -0.15) is 16.4 Å². The van der Waals surface area contributed by atoms with Crippen LogP contribution < -0.4 is 5.32 Å². The molecular weight excluding hydrogens is 318 g/mol. The number of aromatic nitrogens is 2. The Bertz CT molecular complexity index is 904. The summed E-state index contributed by atoms with van der Waals surface area (Å²) in [6.45, 7) is 6.17. The normalized spacial score (nSPS) is 16.8. The average Bonchev–Trinajstić information content (AvgIpc) is 3.14. The lowest BCUT2D eigenvalue weighted by Crippen LogP contribution is -2.24. The molecular formula is C19H19N3OS. The Balaban J connectivity index is 1.91. The van der Waals surface area contributed by atoms with E-state index in [1.165, 1.54) is 16.7 Å². The number of fused-ring (bicyclic) bond motifs is 1. The van der Waals surface area contributed by atoms with Gasteiger partial charge in [0.25, 0.3) is 0 Å². The molecule has 0 fully saturated rings. The highest BCUT2D eigenvalue weighted by Crippen LogP contribution is 2.40. The summed E-state index contributed by atoms with van der Waals surface area (Å²) in [6, 6.07) is 8.44. The summed E-state index contributed by atoms with van der Waals surface area (Å²) in [4.78, 5) is 12.3. The quantitative estimate of drug-likeness (QED) is 0.756. The molecule has 1 atom stereocenters. The molecule has 1 N–H and O–H groups in total. The maximum atomic E-state index is 12.3. The zero-order valence-corrected chi connectivity index (χ0v) is 14.8. The number of carbonyl (C=O) groups is 1. The number of rotatable bonds is 2. The van der Waals surface area contributed by atoms with E-state index in [1.807, 2.05) is 11.6 Å². The highest BCUT2D eigenvalue weighted by atomic mass is 32.1. The highest BCUT2D eigenvalue weighted by Gasteiger charge is 2.32. The van der Waals surface area contributed by atoms with Gasteiger partial charge in [-0.15, -0.1) is 0 Å². The minimum Gasteiger partial charge on any atom is -0.310 e. The number of carbonyl (C=O) groups excluding carboxylic acids is 1. The predicted molar refractivity (Wildman–Crippen MR) is 97.2 cm³/mol. The van der Waals surface area contributed by atoms with E-state index >= 15 is 0 Å². The van der Waals surface area contributed by atoms with Gasteiger partial charge in [0.1, 0.15) is 5.82 Å². The van der Waals surface area contributed by atoms with Gasteiger partial charge >= 0.3 is 0 Å². The summed E-state index contributed by atoms with van der Waals surface area (Å²) in [5.41, 5.74) is 6.65. The van der Waals surface area contributed by atoms with Crippen molar-refractivity contribution in [3.8, 4) is 5.69 Å². The molecule has 1 aromatic carbocycles. The largest absolute Gasteiger partial charge is 0.310 e. The van der Waals surface area contributed by atoms with Crippen molar-refractivity contribution < 1.29 is 4.79 Å². The lowest BCUT2D eigenvalue weighted by Gasteiger charge is -2.23. The minimum atomic E-state index is 0.0456. The second-order valence-corrected chi connectivity index (χ2v) is 7.25. The van der Waals surface area contributed by atoms with Crippen molar-refractivity contribution in [2.45, 2.75) is 33.1 Å². The molecule has 3 aromatic rings. The average molecular weight is 337 g/mol. The van der Waals surface area contributed by atoms with E-state index in [0.29, 0.717) is 6.42 Å². The fourth-order valence-corrected chi connectivity index (χ4v) is 4.28. The molecule has 1 aliphatic heterocycles. The van der Waals surface area contributed by atoms with Crippen LogP contribution in [-0.2, 0) is 4.79 Å². The van der Waals surface area contributed by atoms with Crippen molar-refractivity contribution in [1.82, 2.24) is 9.78 Å². The van der Waals surface area contributed by atoms with Crippen molar-refractivity contribution in [2.24, 2.45) is 0 Å². The number of hydrogen-bond donors (Lipinski definition) is 1. The molecule has 4 rings (SSSR count). The van der Waals surface area contributed by atoms with Crippen molar-refractivity contribution in [2.75, 3.05) is 5.32 Å². The summed E-state index contributed by atoms with van der Waals surface area (Å²) >= 11 is 1.66. The number of anilines is 1. The maximum Gasteiger partial charge on any atom is 0.226 e. The number of benzene rings is 1. The van der Waals surface area contributed by atoms with Crippen molar-refractivity contribution in [3.05, 3.63) is 63.0 Å². The highest BCUT2D eigenvalue weighted by molar-refractivity contribution is 7.08. The maximum absolute atomic E-state index is 12.3. The van der Waals surface area contributed by atoms with E-state index in [9.17, 15) is 4.79 Å². The zero-order valence-electron chi connectivity index (χ0n) is 14.0. The lowest BCUT2D eigenvalue weighted by molar-refractivity contribution is -0.116. The van der Waals surface area contributed by atoms with Crippen molar-refractivity contribution in [3.63, 3.8) is 0 Å². The molecule has 1 unspecified atom stereocenters. The monoisotopic (exact) mass is 337 g/mol. The fourth-order valence-electron chi connectivity index (χ4n) is 3.56. The van der Waals surface area contributed by atoms with Gasteiger partial charge in [0, 0.05) is 17.9 Å². The summed E-state index contributed by atoms with van der Waals surface area (Å²) < 4.78 is 1.88. The first kappa shape index (κ1) is 15.1. The Morgan fingerprint density at radius 3 is 2.62 bits per heavy atom. The molecule has 5 heteroatoms. The van der Waals surface area contributed by atoms with Crippen LogP contribution in [-0.4, -0.2) is 15.7 Å². The number of amides is 1. The number of aryl methyl sites for hydroxylation is 3. The van der Waals surface area contributed by atoms with Crippen molar-refractivity contribution in [1.29, 1.82) is 0 Å². The summed E-state index contributed by atoms with van der Waals surface area (Å²) in [6.07, 6.45) is 0.475. The first-order valence-electron chi connectivity index (χ1n) is 8.03. The van der Waals surface area contributed by atoms with Gasteiger partial charge in [0.2, 0.25) is 5.91 Å². The molecule has 4 nitrogen and oxygen atoms in total. The third kappa shape index (κ3) is 2.45. The Labute approximate surface area is 145 Å². The second-order valence-electron chi connectivity index (χ2n) is 6.47. The Hall–Kier alpha value is -2.40. The van der Waals surface area contributed by atoms with E-state index in [-0.39, 0.29) is 11.8 Å². The predicted octanol–water partition coefficient (Wildman–Crippen LogP) is 4.33. The second kappa shape index (κ2) is 5.60. The lowest BCUT2D eigenvalue weighted by atomic mass is 9.87. The first-order chi connectivity index (χ1) is 11.5. The van der Waals surface area contributed by atoms with Crippen LogP contribution in [0.25, 0.3) is 5.69 Å². The number of thiophene rings is 1. The molecule has 3 heterocycles. The van der Waals surface area contributed by atoms with Crippen LogP contribution in [0.1, 0.15) is 40.3 Å². The van der Waals surface area contributed by atoms with E-state index in [0.717, 1.165) is 22.8 Å². The smallest absolute Gasteiger partial charge is 0.226 e. The molecule has 0 bridgehead atoms. The number of nitrogens with one attached hydrogen (secondary N) is 1. The molecule has 0 radical (unpaired) electrons. The third-order valence-corrected chi connectivity index (χ3v) is 5.20. The summed E-state index contributed by atoms with van der Waals surface area (Å²) in [5, 5.41) is 12.0. The molecule has 2 aromatic heterocycles. The van der Waals surface area contributed by atoms with Crippen LogP contribution in [0.2, 0.25) is 0 Å². The van der Waals surface area contributed by atoms with E-state index in [1.54, 1.807) is 11.3 Å². The van der Waals surface area contributed by atoms with Crippen LogP contribution >= 0.6 is 11.3 Å². The Kier molecular flexibility index (Phi) is 3.53. The van der Waals surface area contributed by atoms with Crippen LogP contribution in [0.15, 0.2) is 35.0 Å². The molecule has 0 saturated carbocycles. The molecule has 122 valence electrons. The Morgan fingerprint density at radius 1 is 1.21 bits per heavy atom. The van der Waals surface area contributed by atoms with Gasteiger partial charge in [-0.1, -0.05) is 6.07 Å². The van der Waals surface area contributed by atoms with Gasteiger partial charge in [0.15, 0.2) is 0 Å². The summed E-state index contributed by atoms with van der Waals surface area (Å²) in [7, 11) is 0. The SMILES string of the molecule is Cc1cc(C)cc(-n2nc(C)c3c2NC(=O)CC3c2ccsc2)c1. The molecule has 0 spiro atoms. The van der Waals surface area contributed by atoms with Crippen LogP contribution in [0, 0.1) is 20.8 Å². The van der Waals surface area contributed by atoms with Gasteiger partial charge in [-0.25, -0.2) is 4.68 Å². The number of hydrogen-bond acceptors (Lipinski definition) is 3. The summed E-state index contributed by atoms with van der Waals surface area (Å²) in [5.74, 6) is 0.939. The zero-order chi connectivity index (χ0) is 16.8. The van der Waals surface area contributed by atoms with Crippen molar-refractivity contribution >= 4 is 23.1 Å². The van der Waals surface area contributed by atoms with Gasteiger partial charge in [-0.05, 0) is 66.4 Å². The molecule has 1 amide bonds. The van der Waals surface area contributed by atoms with Crippen LogP contribution in [0.3, 0.4) is 0 Å². The first-order valence-corrected chi connectivity index (χ1v) is 8.97. The molecule has 0 aliphatic carbocycles.